The van der Waals surface area contributed by atoms with Crippen molar-refractivity contribution >= 4 is 11.8 Å². The fraction of sp³-hybridized carbons (Fsp3) is 0.182. The number of rotatable bonds is 4. The maximum absolute atomic E-state index is 13.3. The monoisotopic (exact) mass is 416 g/mol. The fourth-order valence-electron chi connectivity index (χ4n) is 3.57. The van der Waals surface area contributed by atoms with Gasteiger partial charge in [0.1, 0.15) is 17.0 Å². The number of fused-ring (bicyclic) bond motifs is 2. The lowest BCUT2D eigenvalue weighted by Gasteiger charge is -2.26. The number of halogens is 1. The Morgan fingerprint density at radius 3 is 2.67 bits per heavy atom. The van der Waals surface area contributed by atoms with Gasteiger partial charge >= 0.3 is 0 Å². The summed E-state index contributed by atoms with van der Waals surface area (Å²) in [6.07, 6.45) is 7.51. The van der Waals surface area contributed by atoms with Crippen LogP contribution in [-0.2, 0) is 0 Å². The summed E-state index contributed by atoms with van der Waals surface area (Å²) in [6, 6.07) is 12.9. The standard InChI is InChI=1S/C22H17FN6S/c23-16-5-3-13(4-6-16)15-10-18-20(26-17-7-8-17)29-22(30-21(18)25-12-15)27-19(28-29)14-2-1-9-24-11-14/h1-6,9-12,17,20,26H,7-8H2/t20-/m1/s1. The lowest BCUT2D eigenvalue weighted by atomic mass is 10.0. The average molecular weight is 416 g/mol. The number of aromatic nitrogens is 5. The summed E-state index contributed by atoms with van der Waals surface area (Å²) < 4.78 is 15.3. The molecule has 1 aliphatic carbocycles. The summed E-state index contributed by atoms with van der Waals surface area (Å²) in [4.78, 5) is 13.6. The Morgan fingerprint density at radius 1 is 1.03 bits per heavy atom. The van der Waals surface area contributed by atoms with Crippen LogP contribution in [0.5, 0.6) is 0 Å². The number of hydrogen-bond acceptors (Lipinski definition) is 6. The Morgan fingerprint density at radius 2 is 1.90 bits per heavy atom. The van der Waals surface area contributed by atoms with E-state index in [1.165, 1.54) is 23.9 Å². The molecule has 4 heterocycles. The van der Waals surface area contributed by atoms with Gasteiger partial charge in [-0.25, -0.2) is 19.0 Å². The van der Waals surface area contributed by atoms with Crippen molar-refractivity contribution in [3.63, 3.8) is 0 Å². The SMILES string of the molecule is Fc1ccc(-c2cnc3c(c2)[C@H](NC2CC2)n2nc(-c4cccnc4)nc2S3)cc1. The maximum atomic E-state index is 13.3. The highest BCUT2D eigenvalue weighted by molar-refractivity contribution is 7.99. The maximum Gasteiger partial charge on any atom is 0.194 e. The normalized spacial score (nSPS) is 17.4. The van der Waals surface area contributed by atoms with E-state index in [4.69, 9.17) is 15.1 Å². The van der Waals surface area contributed by atoms with Crippen LogP contribution in [0, 0.1) is 5.82 Å². The lowest BCUT2D eigenvalue weighted by Crippen LogP contribution is -2.33. The van der Waals surface area contributed by atoms with Crippen molar-refractivity contribution in [1.82, 2.24) is 30.0 Å². The van der Waals surface area contributed by atoms with Gasteiger partial charge < -0.3 is 0 Å². The largest absolute Gasteiger partial charge is 0.289 e. The topological polar surface area (TPSA) is 68.5 Å². The predicted molar refractivity (Wildman–Crippen MR) is 111 cm³/mol. The number of hydrogen-bond donors (Lipinski definition) is 1. The van der Waals surface area contributed by atoms with Crippen LogP contribution in [0.3, 0.4) is 0 Å². The van der Waals surface area contributed by atoms with E-state index >= 15 is 0 Å². The molecule has 6 rings (SSSR count). The molecule has 1 N–H and O–H groups in total. The Labute approximate surface area is 176 Å². The molecule has 0 unspecified atom stereocenters. The molecule has 2 aliphatic rings. The molecule has 8 heteroatoms. The van der Waals surface area contributed by atoms with Gasteiger partial charge in [-0.15, -0.1) is 5.10 Å². The molecular weight excluding hydrogens is 399 g/mol. The van der Waals surface area contributed by atoms with Gasteiger partial charge in [-0.05, 0) is 60.5 Å². The number of nitrogens with one attached hydrogen (secondary N) is 1. The first-order chi connectivity index (χ1) is 14.7. The van der Waals surface area contributed by atoms with E-state index < -0.39 is 0 Å². The smallest absolute Gasteiger partial charge is 0.194 e. The van der Waals surface area contributed by atoms with Crippen LogP contribution in [-0.4, -0.2) is 30.8 Å². The second kappa shape index (κ2) is 7.00. The third-order valence-corrected chi connectivity index (χ3v) is 6.27. The van der Waals surface area contributed by atoms with Crippen LogP contribution in [0.1, 0.15) is 24.6 Å². The minimum absolute atomic E-state index is 0.144. The van der Waals surface area contributed by atoms with Crippen molar-refractivity contribution in [3.05, 3.63) is 72.4 Å². The summed E-state index contributed by atoms with van der Waals surface area (Å²) in [5, 5.41) is 10.2. The first kappa shape index (κ1) is 17.7. The zero-order chi connectivity index (χ0) is 20.1. The Kier molecular flexibility index (Phi) is 4.14. The lowest BCUT2D eigenvalue weighted by molar-refractivity contribution is 0.384. The average Bonchev–Trinajstić information content (AvgIpc) is 3.50. The van der Waals surface area contributed by atoms with Crippen LogP contribution in [0.2, 0.25) is 0 Å². The summed E-state index contributed by atoms with van der Waals surface area (Å²) in [7, 11) is 0. The molecule has 3 aromatic heterocycles. The second-order valence-corrected chi connectivity index (χ2v) is 8.43. The Bertz CT molecular complexity index is 1220. The van der Waals surface area contributed by atoms with Gasteiger partial charge in [0, 0.05) is 41.3 Å². The number of nitrogens with zero attached hydrogens (tertiary/aromatic N) is 5. The molecule has 0 radical (unpaired) electrons. The highest BCUT2D eigenvalue weighted by atomic mass is 32.2. The summed E-state index contributed by atoms with van der Waals surface area (Å²) >= 11 is 1.51. The van der Waals surface area contributed by atoms with Gasteiger partial charge in [0.2, 0.25) is 0 Å². The number of pyridine rings is 2. The van der Waals surface area contributed by atoms with Crippen LogP contribution in [0.4, 0.5) is 4.39 Å². The van der Waals surface area contributed by atoms with Gasteiger partial charge in [-0.3, -0.25) is 10.3 Å². The summed E-state index contributed by atoms with van der Waals surface area (Å²) in [6.45, 7) is 0. The minimum Gasteiger partial charge on any atom is -0.289 e. The molecule has 1 atom stereocenters. The molecule has 1 aromatic carbocycles. The molecule has 6 nitrogen and oxygen atoms in total. The third kappa shape index (κ3) is 3.18. The summed E-state index contributed by atoms with van der Waals surface area (Å²) in [5.74, 6) is 0.406. The van der Waals surface area contributed by atoms with Crippen molar-refractivity contribution in [2.24, 2.45) is 0 Å². The third-order valence-electron chi connectivity index (χ3n) is 5.27. The van der Waals surface area contributed by atoms with E-state index in [-0.39, 0.29) is 12.0 Å². The highest BCUT2D eigenvalue weighted by Gasteiger charge is 2.34. The molecule has 4 aromatic rings. The molecule has 1 aliphatic heterocycles. The van der Waals surface area contributed by atoms with Gasteiger partial charge in [-0.2, -0.15) is 0 Å². The van der Waals surface area contributed by atoms with Crippen molar-refractivity contribution in [1.29, 1.82) is 0 Å². The quantitative estimate of drug-likeness (QED) is 0.535. The van der Waals surface area contributed by atoms with Crippen molar-refractivity contribution in [2.75, 3.05) is 0 Å². The first-order valence-corrected chi connectivity index (χ1v) is 10.6. The predicted octanol–water partition coefficient (Wildman–Crippen LogP) is 4.30. The van der Waals surface area contributed by atoms with Crippen molar-refractivity contribution in [3.8, 4) is 22.5 Å². The van der Waals surface area contributed by atoms with E-state index in [1.807, 2.05) is 23.0 Å². The minimum atomic E-state index is -0.247. The first-order valence-electron chi connectivity index (χ1n) is 9.81. The van der Waals surface area contributed by atoms with Gasteiger partial charge in [0.15, 0.2) is 11.0 Å². The Hall–Kier alpha value is -3.10. The fourth-order valence-corrected chi connectivity index (χ4v) is 4.51. The van der Waals surface area contributed by atoms with E-state index in [2.05, 4.69) is 16.4 Å². The molecule has 1 fully saturated rings. The van der Waals surface area contributed by atoms with Gasteiger partial charge in [0.05, 0.1) is 0 Å². The van der Waals surface area contributed by atoms with Crippen LogP contribution in [0.25, 0.3) is 22.5 Å². The Balaban J connectivity index is 1.44. The van der Waals surface area contributed by atoms with Gasteiger partial charge in [0.25, 0.3) is 0 Å². The van der Waals surface area contributed by atoms with Gasteiger partial charge in [-0.1, -0.05) is 12.1 Å². The molecule has 0 spiro atoms. The molecule has 0 bridgehead atoms. The van der Waals surface area contributed by atoms with E-state index in [0.29, 0.717) is 11.9 Å². The van der Waals surface area contributed by atoms with Crippen molar-refractivity contribution < 1.29 is 4.39 Å². The molecule has 30 heavy (non-hydrogen) atoms. The van der Waals surface area contributed by atoms with E-state index in [9.17, 15) is 4.39 Å². The second-order valence-electron chi connectivity index (χ2n) is 7.48. The molecule has 0 saturated heterocycles. The summed E-state index contributed by atoms with van der Waals surface area (Å²) in [5.41, 5.74) is 3.83. The highest BCUT2D eigenvalue weighted by Crippen LogP contribution is 2.41. The number of benzene rings is 1. The molecule has 0 amide bonds. The molecule has 148 valence electrons. The molecule has 1 saturated carbocycles. The zero-order valence-electron chi connectivity index (χ0n) is 15.9. The van der Waals surface area contributed by atoms with Crippen molar-refractivity contribution in [2.45, 2.75) is 35.2 Å². The van der Waals surface area contributed by atoms with Crippen LogP contribution >= 0.6 is 11.8 Å². The van der Waals surface area contributed by atoms with E-state index in [1.54, 1.807) is 24.5 Å². The molecular formula is C22H17FN6S. The van der Waals surface area contributed by atoms with Crippen LogP contribution < -0.4 is 5.32 Å². The zero-order valence-corrected chi connectivity index (χ0v) is 16.7. The van der Waals surface area contributed by atoms with E-state index in [0.717, 1.165) is 45.3 Å². The van der Waals surface area contributed by atoms with Crippen LogP contribution in [0.15, 0.2) is 71.2 Å².